The Morgan fingerprint density at radius 1 is 1.30 bits per heavy atom. The lowest BCUT2D eigenvalue weighted by molar-refractivity contribution is 0.102. The predicted molar refractivity (Wildman–Crippen MR) is 81.4 cm³/mol. The number of anilines is 2. The van der Waals surface area contributed by atoms with Crippen molar-refractivity contribution in [1.29, 1.82) is 0 Å². The summed E-state index contributed by atoms with van der Waals surface area (Å²) in [5.74, 6) is -0.121. The van der Waals surface area contributed by atoms with Crippen LogP contribution in [0.1, 0.15) is 21.7 Å². The van der Waals surface area contributed by atoms with Gasteiger partial charge in [0, 0.05) is 38.2 Å². The largest absolute Gasteiger partial charge is 0.378 e. The minimum atomic E-state index is -0.121. The van der Waals surface area contributed by atoms with Crippen LogP contribution in [0.2, 0.25) is 0 Å². The van der Waals surface area contributed by atoms with Gasteiger partial charge in [-0.25, -0.2) is 0 Å². The number of benzene rings is 1. The van der Waals surface area contributed by atoms with E-state index in [0.717, 1.165) is 22.8 Å². The molecule has 0 spiro atoms. The van der Waals surface area contributed by atoms with E-state index in [4.69, 9.17) is 0 Å². The highest BCUT2D eigenvalue weighted by Crippen LogP contribution is 2.19. The van der Waals surface area contributed by atoms with Gasteiger partial charge >= 0.3 is 0 Å². The molecule has 0 saturated heterocycles. The van der Waals surface area contributed by atoms with Crippen LogP contribution in [-0.2, 0) is 7.05 Å². The smallest absolute Gasteiger partial charge is 0.259 e. The summed E-state index contributed by atoms with van der Waals surface area (Å²) in [4.78, 5) is 14.4. The molecule has 20 heavy (non-hydrogen) atoms. The maximum Gasteiger partial charge on any atom is 0.259 e. The number of aryl methyl sites for hydroxylation is 2. The Bertz CT molecular complexity index is 643. The predicted octanol–water partition coefficient (Wildman–Crippen LogP) is 2.36. The fraction of sp³-hybridized carbons (Fsp3) is 0.333. The molecule has 0 bridgehead atoms. The highest BCUT2D eigenvalue weighted by atomic mass is 16.1. The number of rotatable bonds is 3. The standard InChI is InChI=1S/C15H20N4O/c1-10-14(11(2)19(5)17-10)15(20)16-12-7-6-8-13(9-12)18(3)4/h6-9H,1-5H3,(H,16,20). The molecule has 106 valence electrons. The van der Waals surface area contributed by atoms with Crippen molar-refractivity contribution in [1.82, 2.24) is 9.78 Å². The average molecular weight is 272 g/mol. The van der Waals surface area contributed by atoms with Gasteiger partial charge in [-0.05, 0) is 32.0 Å². The highest BCUT2D eigenvalue weighted by molar-refractivity contribution is 6.06. The molecule has 0 radical (unpaired) electrons. The summed E-state index contributed by atoms with van der Waals surface area (Å²) in [5.41, 5.74) is 4.07. The average Bonchev–Trinajstić information content (AvgIpc) is 2.63. The van der Waals surface area contributed by atoms with E-state index in [1.165, 1.54) is 0 Å². The summed E-state index contributed by atoms with van der Waals surface area (Å²) < 4.78 is 1.72. The number of amides is 1. The first kappa shape index (κ1) is 14.1. The Morgan fingerprint density at radius 2 is 2.00 bits per heavy atom. The van der Waals surface area contributed by atoms with Gasteiger partial charge in [0.25, 0.3) is 5.91 Å². The van der Waals surface area contributed by atoms with Crippen LogP contribution in [0, 0.1) is 13.8 Å². The SMILES string of the molecule is Cc1nn(C)c(C)c1C(=O)Nc1cccc(N(C)C)c1. The van der Waals surface area contributed by atoms with Gasteiger partial charge in [-0.3, -0.25) is 9.48 Å². The molecule has 1 N–H and O–H groups in total. The summed E-state index contributed by atoms with van der Waals surface area (Å²) in [6.07, 6.45) is 0. The fourth-order valence-electron chi connectivity index (χ4n) is 2.16. The highest BCUT2D eigenvalue weighted by Gasteiger charge is 2.17. The zero-order valence-corrected chi connectivity index (χ0v) is 12.6. The van der Waals surface area contributed by atoms with Gasteiger partial charge in [0.15, 0.2) is 0 Å². The topological polar surface area (TPSA) is 50.2 Å². The Labute approximate surface area is 119 Å². The third kappa shape index (κ3) is 2.66. The van der Waals surface area contributed by atoms with Crippen molar-refractivity contribution in [3.63, 3.8) is 0 Å². The van der Waals surface area contributed by atoms with Crippen molar-refractivity contribution >= 4 is 17.3 Å². The molecular formula is C15H20N4O. The van der Waals surface area contributed by atoms with Crippen molar-refractivity contribution in [2.45, 2.75) is 13.8 Å². The zero-order valence-electron chi connectivity index (χ0n) is 12.6. The van der Waals surface area contributed by atoms with E-state index in [0.29, 0.717) is 5.56 Å². The second-order valence-electron chi connectivity index (χ2n) is 5.07. The van der Waals surface area contributed by atoms with Gasteiger partial charge in [-0.15, -0.1) is 0 Å². The first-order chi connectivity index (χ1) is 9.40. The normalized spacial score (nSPS) is 10.4. The molecule has 0 unspecified atom stereocenters. The fourth-order valence-corrected chi connectivity index (χ4v) is 2.16. The molecular weight excluding hydrogens is 252 g/mol. The van der Waals surface area contributed by atoms with Crippen LogP contribution in [0.15, 0.2) is 24.3 Å². The van der Waals surface area contributed by atoms with Crippen LogP contribution in [0.25, 0.3) is 0 Å². The van der Waals surface area contributed by atoms with Crippen LogP contribution in [0.3, 0.4) is 0 Å². The third-order valence-corrected chi connectivity index (χ3v) is 3.36. The van der Waals surface area contributed by atoms with Crippen molar-refractivity contribution < 1.29 is 4.79 Å². The van der Waals surface area contributed by atoms with E-state index in [9.17, 15) is 4.79 Å². The molecule has 1 amide bonds. The Morgan fingerprint density at radius 3 is 2.55 bits per heavy atom. The van der Waals surface area contributed by atoms with Gasteiger partial charge < -0.3 is 10.2 Å². The maximum absolute atomic E-state index is 12.4. The van der Waals surface area contributed by atoms with Crippen LogP contribution in [0.5, 0.6) is 0 Å². The Balaban J connectivity index is 2.26. The van der Waals surface area contributed by atoms with Gasteiger partial charge in [0.05, 0.1) is 11.3 Å². The molecule has 1 heterocycles. The maximum atomic E-state index is 12.4. The Hall–Kier alpha value is -2.30. The van der Waals surface area contributed by atoms with E-state index in [-0.39, 0.29) is 5.91 Å². The third-order valence-electron chi connectivity index (χ3n) is 3.36. The van der Waals surface area contributed by atoms with Gasteiger partial charge in [0.2, 0.25) is 0 Å². The minimum absolute atomic E-state index is 0.121. The van der Waals surface area contributed by atoms with E-state index >= 15 is 0 Å². The lowest BCUT2D eigenvalue weighted by atomic mass is 10.1. The van der Waals surface area contributed by atoms with Crippen molar-refractivity contribution in [3.8, 4) is 0 Å². The minimum Gasteiger partial charge on any atom is -0.378 e. The van der Waals surface area contributed by atoms with E-state index in [2.05, 4.69) is 10.4 Å². The summed E-state index contributed by atoms with van der Waals surface area (Å²) in [5, 5.41) is 7.20. The van der Waals surface area contributed by atoms with Crippen LogP contribution in [0.4, 0.5) is 11.4 Å². The van der Waals surface area contributed by atoms with Crippen LogP contribution in [-0.4, -0.2) is 29.8 Å². The monoisotopic (exact) mass is 272 g/mol. The lowest BCUT2D eigenvalue weighted by Gasteiger charge is -2.14. The molecule has 0 aliphatic heterocycles. The zero-order chi connectivity index (χ0) is 14.9. The molecule has 2 rings (SSSR count). The summed E-state index contributed by atoms with van der Waals surface area (Å²) in [6, 6.07) is 7.75. The van der Waals surface area contributed by atoms with Crippen molar-refractivity contribution in [2.75, 3.05) is 24.3 Å². The summed E-state index contributed by atoms with van der Waals surface area (Å²) in [7, 11) is 5.78. The summed E-state index contributed by atoms with van der Waals surface area (Å²) >= 11 is 0. The first-order valence-corrected chi connectivity index (χ1v) is 6.49. The number of carbonyl (C=O) groups excluding carboxylic acids is 1. The van der Waals surface area contributed by atoms with Crippen LogP contribution >= 0.6 is 0 Å². The quantitative estimate of drug-likeness (QED) is 0.933. The number of nitrogens with zero attached hydrogens (tertiary/aromatic N) is 3. The van der Waals surface area contributed by atoms with Crippen molar-refractivity contribution in [3.05, 3.63) is 41.2 Å². The summed E-state index contributed by atoms with van der Waals surface area (Å²) in [6.45, 7) is 3.74. The van der Waals surface area contributed by atoms with E-state index in [1.807, 2.05) is 64.2 Å². The van der Waals surface area contributed by atoms with Crippen molar-refractivity contribution in [2.24, 2.45) is 7.05 Å². The molecule has 1 aromatic carbocycles. The molecule has 5 nitrogen and oxygen atoms in total. The molecule has 5 heteroatoms. The molecule has 0 aliphatic rings. The molecule has 0 saturated carbocycles. The number of hydrogen-bond donors (Lipinski definition) is 1. The lowest BCUT2D eigenvalue weighted by Crippen LogP contribution is -2.15. The first-order valence-electron chi connectivity index (χ1n) is 6.49. The molecule has 0 aliphatic carbocycles. The van der Waals surface area contributed by atoms with Gasteiger partial charge in [-0.2, -0.15) is 5.10 Å². The number of aromatic nitrogens is 2. The van der Waals surface area contributed by atoms with E-state index in [1.54, 1.807) is 4.68 Å². The second-order valence-corrected chi connectivity index (χ2v) is 5.07. The molecule has 0 atom stereocenters. The Kier molecular flexibility index (Phi) is 3.79. The number of carbonyl (C=O) groups is 1. The molecule has 0 fully saturated rings. The van der Waals surface area contributed by atoms with Gasteiger partial charge in [0.1, 0.15) is 0 Å². The molecule has 2 aromatic rings. The van der Waals surface area contributed by atoms with Crippen LogP contribution < -0.4 is 10.2 Å². The number of nitrogens with one attached hydrogen (secondary N) is 1. The van der Waals surface area contributed by atoms with Gasteiger partial charge in [-0.1, -0.05) is 6.07 Å². The number of hydrogen-bond acceptors (Lipinski definition) is 3. The second kappa shape index (κ2) is 5.36. The molecule has 1 aromatic heterocycles. The van der Waals surface area contributed by atoms with E-state index < -0.39 is 0 Å².